The monoisotopic (exact) mass is 244 g/mol. The molecule has 2 heterocycles. The Morgan fingerprint density at radius 3 is 2.53 bits per heavy atom. The van der Waals surface area contributed by atoms with E-state index in [1.165, 1.54) is 0 Å². The van der Waals surface area contributed by atoms with E-state index in [1.54, 1.807) is 0 Å². The van der Waals surface area contributed by atoms with Gasteiger partial charge >= 0.3 is 0 Å². The van der Waals surface area contributed by atoms with Crippen molar-refractivity contribution in [3.8, 4) is 0 Å². The van der Waals surface area contributed by atoms with E-state index in [2.05, 4.69) is 0 Å². The molecule has 0 aromatic heterocycles. The van der Waals surface area contributed by atoms with Gasteiger partial charge in [-0.1, -0.05) is 0 Å². The van der Waals surface area contributed by atoms with Crippen LogP contribution in [0.15, 0.2) is 0 Å². The number of aliphatic hydroxyl groups excluding tert-OH is 1. The second kappa shape index (κ2) is 3.90. The molecule has 0 amide bonds. The van der Waals surface area contributed by atoms with E-state index < -0.39 is 11.6 Å². The Morgan fingerprint density at radius 2 is 1.88 bits per heavy atom. The highest BCUT2D eigenvalue weighted by atomic mass is 16.8. The molecule has 0 unspecified atom stereocenters. The van der Waals surface area contributed by atoms with Crippen LogP contribution in [0.4, 0.5) is 0 Å². The highest BCUT2D eigenvalue weighted by Crippen LogP contribution is 2.47. The first kappa shape index (κ1) is 11.9. The molecule has 1 aliphatic carbocycles. The summed E-state index contributed by atoms with van der Waals surface area (Å²) >= 11 is 0. The van der Waals surface area contributed by atoms with E-state index in [4.69, 9.17) is 18.9 Å². The van der Waals surface area contributed by atoms with E-state index in [9.17, 15) is 5.11 Å². The lowest BCUT2D eigenvalue weighted by atomic mass is 9.79. The lowest BCUT2D eigenvalue weighted by Crippen LogP contribution is -2.54. The van der Waals surface area contributed by atoms with Gasteiger partial charge in [0.1, 0.15) is 0 Å². The summed E-state index contributed by atoms with van der Waals surface area (Å²) in [6.07, 6.45) is 1.52. The number of fused-ring (bicyclic) bond motifs is 1. The van der Waals surface area contributed by atoms with Gasteiger partial charge in [0.2, 0.25) is 0 Å². The summed E-state index contributed by atoms with van der Waals surface area (Å²) in [5, 5.41) is 9.64. The molecule has 98 valence electrons. The molecule has 0 aromatic rings. The molecule has 2 saturated heterocycles. The molecule has 5 heteroatoms. The molecule has 3 rings (SSSR count). The fourth-order valence-electron chi connectivity index (χ4n) is 3.28. The second-order valence-electron chi connectivity index (χ2n) is 5.48. The predicted molar refractivity (Wildman–Crippen MR) is 58.3 cm³/mol. The first-order valence-corrected chi connectivity index (χ1v) is 6.31. The minimum absolute atomic E-state index is 0.000602. The van der Waals surface area contributed by atoms with Gasteiger partial charge in [-0.25, -0.2) is 0 Å². The molecule has 1 spiro atoms. The number of rotatable bonds is 1. The molecule has 0 radical (unpaired) electrons. The van der Waals surface area contributed by atoms with Crippen LogP contribution in [0.3, 0.4) is 0 Å². The van der Waals surface area contributed by atoms with Crippen LogP contribution in [-0.2, 0) is 18.9 Å². The zero-order valence-corrected chi connectivity index (χ0v) is 10.3. The molecule has 17 heavy (non-hydrogen) atoms. The van der Waals surface area contributed by atoms with E-state index in [0.717, 1.165) is 12.8 Å². The zero-order chi connectivity index (χ0) is 12.1. The topological polar surface area (TPSA) is 57.2 Å². The summed E-state index contributed by atoms with van der Waals surface area (Å²) in [6.45, 7) is 5.00. The van der Waals surface area contributed by atoms with Crippen molar-refractivity contribution >= 4 is 0 Å². The highest BCUT2D eigenvalue weighted by molar-refractivity contribution is 5.00. The minimum atomic E-state index is -0.653. The summed E-state index contributed by atoms with van der Waals surface area (Å²) in [6, 6.07) is 0. The van der Waals surface area contributed by atoms with Crippen LogP contribution in [0, 0.1) is 5.92 Å². The Morgan fingerprint density at radius 1 is 1.18 bits per heavy atom. The normalized spacial score (nSPS) is 42.9. The van der Waals surface area contributed by atoms with Gasteiger partial charge in [-0.15, -0.1) is 0 Å². The largest absolute Gasteiger partial charge is 0.396 e. The molecular weight excluding hydrogens is 224 g/mol. The average Bonchev–Trinajstić information content (AvgIpc) is 2.83. The van der Waals surface area contributed by atoms with E-state index >= 15 is 0 Å². The molecule has 2 aliphatic heterocycles. The quantitative estimate of drug-likeness (QED) is 0.734. The minimum Gasteiger partial charge on any atom is -0.396 e. The van der Waals surface area contributed by atoms with Crippen LogP contribution in [0.5, 0.6) is 0 Å². The van der Waals surface area contributed by atoms with Gasteiger partial charge in [0.15, 0.2) is 11.6 Å². The smallest absolute Gasteiger partial charge is 0.176 e. The van der Waals surface area contributed by atoms with Gasteiger partial charge in [-0.05, 0) is 20.3 Å². The third kappa shape index (κ3) is 1.81. The van der Waals surface area contributed by atoms with Crippen LogP contribution in [0.2, 0.25) is 0 Å². The number of aliphatic hydroxyl groups is 1. The zero-order valence-electron chi connectivity index (χ0n) is 10.3. The molecule has 3 atom stereocenters. The van der Waals surface area contributed by atoms with Crippen molar-refractivity contribution in [1.82, 2.24) is 0 Å². The van der Waals surface area contributed by atoms with Gasteiger partial charge in [0, 0.05) is 6.42 Å². The molecular formula is C12H20O5. The van der Waals surface area contributed by atoms with Crippen molar-refractivity contribution in [1.29, 1.82) is 0 Å². The van der Waals surface area contributed by atoms with Crippen LogP contribution in [0.1, 0.15) is 26.7 Å². The maximum absolute atomic E-state index is 9.64. The average molecular weight is 244 g/mol. The lowest BCUT2D eigenvalue weighted by Gasteiger charge is -2.43. The summed E-state index contributed by atoms with van der Waals surface area (Å²) in [7, 11) is 0. The standard InChI is InChI=1S/C12H20O5/c1-11(2)16-9-3-4-12(14-5-6-15-12)8(7-13)10(9)17-11/h8-10,13H,3-7H2,1-2H3/t8-,9+,10-/m0/s1. The van der Waals surface area contributed by atoms with Crippen LogP contribution >= 0.6 is 0 Å². The van der Waals surface area contributed by atoms with Crippen molar-refractivity contribution in [3.63, 3.8) is 0 Å². The second-order valence-corrected chi connectivity index (χ2v) is 5.48. The predicted octanol–water partition coefficient (Wildman–Crippen LogP) is 0.652. The van der Waals surface area contributed by atoms with Crippen molar-refractivity contribution in [2.45, 2.75) is 50.5 Å². The Labute approximate surface area is 101 Å². The van der Waals surface area contributed by atoms with Gasteiger partial charge in [-0.2, -0.15) is 0 Å². The fraction of sp³-hybridized carbons (Fsp3) is 1.00. The van der Waals surface area contributed by atoms with E-state index in [1.807, 2.05) is 13.8 Å². The Kier molecular flexibility index (Phi) is 2.72. The van der Waals surface area contributed by atoms with Crippen LogP contribution in [-0.4, -0.2) is 48.7 Å². The maximum Gasteiger partial charge on any atom is 0.176 e. The highest BCUT2D eigenvalue weighted by Gasteiger charge is 2.58. The number of hydrogen-bond donors (Lipinski definition) is 1. The van der Waals surface area contributed by atoms with Gasteiger partial charge in [0.05, 0.1) is 37.9 Å². The Hall–Kier alpha value is -0.200. The fourth-order valence-corrected chi connectivity index (χ4v) is 3.28. The molecule has 0 aromatic carbocycles. The number of ether oxygens (including phenoxy) is 4. The molecule has 3 aliphatic rings. The third-order valence-corrected chi connectivity index (χ3v) is 3.93. The van der Waals surface area contributed by atoms with Crippen molar-refractivity contribution in [2.24, 2.45) is 5.92 Å². The molecule has 1 N–H and O–H groups in total. The summed E-state index contributed by atoms with van der Waals surface area (Å²) in [4.78, 5) is 0. The molecule has 3 fully saturated rings. The third-order valence-electron chi connectivity index (χ3n) is 3.93. The number of hydrogen-bond acceptors (Lipinski definition) is 5. The maximum atomic E-state index is 9.64. The summed E-state index contributed by atoms with van der Waals surface area (Å²) in [5.74, 6) is -1.39. The van der Waals surface area contributed by atoms with E-state index in [0.29, 0.717) is 13.2 Å². The van der Waals surface area contributed by atoms with Crippen molar-refractivity contribution in [2.75, 3.05) is 19.8 Å². The first-order chi connectivity index (χ1) is 8.06. The summed E-state index contributed by atoms with van der Waals surface area (Å²) in [5.41, 5.74) is 0. The van der Waals surface area contributed by atoms with E-state index in [-0.39, 0.29) is 24.7 Å². The molecule has 5 nitrogen and oxygen atoms in total. The summed E-state index contributed by atoms with van der Waals surface area (Å²) < 4.78 is 23.2. The Balaban J connectivity index is 1.85. The van der Waals surface area contributed by atoms with Crippen LogP contribution < -0.4 is 0 Å². The van der Waals surface area contributed by atoms with Crippen LogP contribution in [0.25, 0.3) is 0 Å². The molecule has 0 bridgehead atoms. The van der Waals surface area contributed by atoms with Crippen molar-refractivity contribution < 1.29 is 24.1 Å². The van der Waals surface area contributed by atoms with Gasteiger partial charge in [0.25, 0.3) is 0 Å². The Bertz CT molecular complexity index is 297. The molecule has 1 saturated carbocycles. The lowest BCUT2D eigenvalue weighted by molar-refractivity contribution is -0.249. The van der Waals surface area contributed by atoms with Crippen molar-refractivity contribution in [3.05, 3.63) is 0 Å². The van der Waals surface area contributed by atoms with Gasteiger partial charge in [-0.3, -0.25) is 0 Å². The van der Waals surface area contributed by atoms with Gasteiger partial charge < -0.3 is 24.1 Å². The first-order valence-electron chi connectivity index (χ1n) is 6.31. The SMILES string of the molecule is CC1(C)O[C@@H]2[C@@H](CCC3(OCCO3)[C@H]2CO)O1.